The first-order chi connectivity index (χ1) is 11.8. The van der Waals surface area contributed by atoms with E-state index in [-0.39, 0.29) is 18.7 Å². The van der Waals surface area contributed by atoms with Crippen molar-refractivity contribution in [1.29, 1.82) is 0 Å². The summed E-state index contributed by atoms with van der Waals surface area (Å²) in [6.45, 7) is 6.95. The predicted octanol–water partition coefficient (Wildman–Crippen LogP) is 2.17. The molecule has 7 heteroatoms. The minimum atomic E-state index is -0.566. The minimum absolute atomic E-state index is 0.210. The molecule has 1 saturated heterocycles. The smallest absolute Gasteiger partial charge is 0.407 e. The minimum Gasteiger partial charge on any atom is -0.445 e. The van der Waals surface area contributed by atoms with E-state index < -0.39 is 17.8 Å². The molecule has 1 heterocycles. The molecule has 138 valence electrons. The molecule has 1 aromatic rings. The number of carbonyl (C=O) groups excluding carboxylic acids is 2. The highest BCUT2D eigenvalue weighted by atomic mass is 16.6. The van der Waals surface area contributed by atoms with Gasteiger partial charge in [-0.05, 0) is 39.3 Å². The van der Waals surface area contributed by atoms with Crippen molar-refractivity contribution >= 4 is 12.2 Å². The molecule has 1 aromatic carbocycles. The lowest BCUT2D eigenvalue weighted by molar-refractivity contribution is 0.0480. The summed E-state index contributed by atoms with van der Waals surface area (Å²) in [6.07, 6.45) is -0.293. The summed E-state index contributed by atoms with van der Waals surface area (Å²) in [5.41, 5.74) is 0.357. The summed E-state index contributed by atoms with van der Waals surface area (Å²) in [6, 6.07) is 9.01. The number of alkyl carbamates (subject to hydrolysis) is 2. The topological polar surface area (TPSA) is 88.7 Å². The average Bonchev–Trinajstić information content (AvgIpc) is 2.54. The van der Waals surface area contributed by atoms with Crippen LogP contribution in [0.4, 0.5) is 9.59 Å². The fourth-order valence-corrected chi connectivity index (χ4v) is 2.56. The molecule has 0 aliphatic carbocycles. The Kier molecular flexibility index (Phi) is 6.64. The van der Waals surface area contributed by atoms with Crippen LogP contribution in [0.5, 0.6) is 0 Å². The van der Waals surface area contributed by atoms with Crippen molar-refractivity contribution in [1.82, 2.24) is 16.0 Å². The van der Waals surface area contributed by atoms with Crippen molar-refractivity contribution in [3.8, 4) is 0 Å². The molecule has 0 aromatic heterocycles. The molecular formula is C18H27N3O4. The molecule has 25 heavy (non-hydrogen) atoms. The lowest BCUT2D eigenvalue weighted by Crippen LogP contribution is -2.60. The summed E-state index contributed by atoms with van der Waals surface area (Å²) >= 11 is 0. The number of nitrogens with one attached hydrogen (secondary N) is 3. The fourth-order valence-electron chi connectivity index (χ4n) is 2.56. The normalized spacial score (nSPS) is 20.4. The quantitative estimate of drug-likeness (QED) is 0.775. The fraction of sp³-hybridized carbons (Fsp3) is 0.556. The van der Waals surface area contributed by atoms with E-state index >= 15 is 0 Å². The Morgan fingerprint density at radius 3 is 2.48 bits per heavy atom. The third kappa shape index (κ3) is 7.01. The van der Waals surface area contributed by atoms with Gasteiger partial charge >= 0.3 is 12.2 Å². The van der Waals surface area contributed by atoms with Gasteiger partial charge in [-0.15, -0.1) is 0 Å². The number of benzene rings is 1. The van der Waals surface area contributed by atoms with Crippen molar-refractivity contribution < 1.29 is 19.1 Å². The maximum Gasteiger partial charge on any atom is 0.407 e. The lowest BCUT2D eigenvalue weighted by Gasteiger charge is -2.33. The molecule has 3 N–H and O–H groups in total. The van der Waals surface area contributed by atoms with Gasteiger partial charge in [0, 0.05) is 6.54 Å². The van der Waals surface area contributed by atoms with Crippen molar-refractivity contribution in [3.63, 3.8) is 0 Å². The van der Waals surface area contributed by atoms with Crippen LogP contribution in [-0.2, 0) is 16.1 Å². The number of hydrogen-bond acceptors (Lipinski definition) is 5. The molecule has 7 nitrogen and oxygen atoms in total. The molecule has 0 saturated carbocycles. The Morgan fingerprint density at radius 2 is 1.80 bits per heavy atom. The van der Waals surface area contributed by atoms with Crippen LogP contribution in [0.2, 0.25) is 0 Å². The predicted molar refractivity (Wildman–Crippen MR) is 94.2 cm³/mol. The van der Waals surface area contributed by atoms with Crippen LogP contribution < -0.4 is 16.0 Å². The Morgan fingerprint density at radius 1 is 1.12 bits per heavy atom. The number of ether oxygens (including phenoxy) is 2. The standard InChI is InChI=1S/C18H27N3O4/c1-18(2,3)25-17(23)21-15-11-19-10-9-14(15)20-16(22)24-12-13-7-5-4-6-8-13/h4-8,14-15,19H,9-12H2,1-3H3,(H,20,22)(H,21,23)/t14-,15+/m0/s1. The molecule has 2 atom stereocenters. The molecule has 0 bridgehead atoms. The van der Waals surface area contributed by atoms with Gasteiger partial charge in [0.15, 0.2) is 0 Å². The Hall–Kier alpha value is -2.28. The van der Waals surface area contributed by atoms with Crippen LogP contribution in [0.25, 0.3) is 0 Å². The third-order valence-corrected chi connectivity index (χ3v) is 3.70. The molecule has 2 rings (SSSR count). The van der Waals surface area contributed by atoms with Crippen LogP contribution in [-0.4, -0.2) is 43.0 Å². The molecule has 1 aliphatic rings. The second kappa shape index (κ2) is 8.71. The molecule has 0 radical (unpaired) electrons. The zero-order chi connectivity index (χ0) is 18.3. The van der Waals surface area contributed by atoms with Gasteiger partial charge in [-0.2, -0.15) is 0 Å². The first-order valence-electron chi connectivity index (χ1n) is 8.51. The summed E-state index contributed by atoms with van der Waals surface area (Å²) in [5.74, 6) is 0. The second-order valence-corrected chi connectivity index (χ2v) is 7.06. The van der Waals surface area contributed by atoms with E-state index in [4.69, 9.17) is 9.47 Å². The van der Waals surface area contributed by atoms with Crippen molar-refractivity contribution in [2.75, 3.05) is 13.1 Å². The Balaban J connectivity index is 1.83. The summed E-state index contributed by atoms with van der Waals surface area (Å²) < 4.78 is 10.5. The van der Waals surface area contributed by atoms with Gasteiger partial charge in [0.05, 0.1) is 12.1 Å². The summed E-state index contributed by atoms with van der Waals surface area (Å²) in [5, 5.41) is 8.85. The van der Waals surface area contributed by atoms with Gasteiger partial charge in [0.25, 0.3) is 0 Å². The van der Waals surface area contributed by atoms with Crippen molar-refractivity contribution in [2.45, 2.75) is 51.5 Å². The number of piperidine rings is 1. The van der Waals surface area contributed by atoms with E-state index in [9.17, 15) is 9.59 Å². The van der Waals surface area contributed by atoms with Gasteiger partial charge in [0.2, 0.25) is 0 Å². The third-order valence-electron chi connectivity index (χ3n) is 3.70. The van der Waals surface area contributed by atoms with Gasteiger partial charge < -0.3 is 25.4 Å². The van der Waals surface area contributed by atoms with Crippen LogP contribution in [0.15, 0.2) is 30.3 Å². The maximum absolute atomic E-state index is 12.0. The zero-order valence-electron chi connectivity index (χ0n) is 15.0. The highest BCUT2D eigenvalue weighted by Gasteiger charge is 2.29. The van der Waals surface area contributed by atoms with Crippen LogP contribution >= 0.6 is 0 Å². The van der Waals surface area contributed by atoms with E-state index in [1.165, 1.54) is 0 Å². The molecule has 2 amide bonds. The van der Waals surface area contributed by atoms with Gasteiger partial charge in [0.1, 0.15) is 12.2 Å². The van der Waals surface area contributed by atoms with E-state index in [0.29, 0.717) is 13.0 Å². The number of rotatable bonds is 4. The van der Waals surface area contributed by atoms with Gasteiger partial charge in [-0.25, -0.2) is 9.59 Å². The zero-order valence-corrected chi connectivity index (χ0v) is 15.0. The van der Waals surface area contributed by atoms with Gasteiger partial charge in [-0.3, -0.25) is 0 Å². The average molecular weight is 349 g/mol. The summed E-state index contributed by atoms with van der Waals surface area (Å²) in [4.78, 5) is 24.0. The molecular weight excluding hydrogens is 322 g/mol. The maximum atomic E-state index is 12.0. The Bertz CT molecular complexity index is 571. The number of hydrogen-bond donors (Lipinski definition) is 3. The number of carbonyl (C=O) groups is 2. The molecule has 0 spiro atoms. The highest BCUT2D eigenvalue weighted by molar-refractivity contribution is 5.70. The van der Waals surface area contributed by atoms with Crippen molar-refractivity contribution in [3.05, 3.63) is 35.9 Å². The SMILES string of the molecule is CC(C)(C)OC(=O)N[C@@H]1CNCC[C@@H]1NC(=O)OCc1ccccc1. The lowest BCUT2D eigenvalue weighted by atomic mass is 10.0. The van der Waals surface area contributed by atoms with E-state index in [1.807, 2.05) is 51.1 Å². The summed E-state index contributed by atoms with van der Waals surface area (Å²) in [7, 11) is 0. The largest absolute Gasteiger partial charge is 0.445 e. The monoisotopic (exact) mass is 349 g/mol. The Labute approximate surface area is 148 Å². The van der Waals surface area contributed by atoms with E-state index in [0.717, 1.165) is 12.1 Å². The highest BCUT2D eigenvalue weighted by Crippen LogP contribution is 2.10. The van der Waals surface area contributed by atoms with Gasteiger partial charge in [-0.1, -0.05) is 30.3 Å². The van der Waals surface area contributed by atoms with E-state index in [2.05, 4.69) is 16.0 Å². The first kappa shape index (κ1) is 19.1. The van der Waals surface area contributed by atoms with Crippen LogP contribution in [0, 0.1) is 0 Å². The van der Waals surface area contributed by atoms with Crippen LogP contribution in [0.3, 0.4) is 0 Å². The first-order valence-corrected chi connectivity index (χ1v) is 8.51. The van der Waals surface area contributed by atoms with Crippen LogP contribution in [0.1, 0.15) is 32.8 Å². The molecule has 1 aliphatic heterocycles. The molecule has 1 fully saturated rings. The second-order valence-electron chi connectivity index (χ2n) is 7.06. The van der Waals surface area contributed by atoms with Crippen molar-refractivity contribution in [2.24, 2.45) is 0 Å². The molecule has 0 unspecified atom stereocenters. The number of amides is 2. The van der Waals surface area contributed by atoms with E-state index in [1.54, 1.807) is 0 Å².